The van der Waals surface area contributed by atoms with Crippen LogP contribution in [0, 0.1) is 70.9 Å². The lowest BCUT2D eigenvalue weighted by Crippen LogP contribution is -2.48. The second-order valence-electron chi connectivity index (χ2n) is 35.9. The summed E-state index contributed by atoms with van der Waals surface area (Å²) in [7, 11) is 2.07. The Morgan fingerprint density at radius 1 is 0.304 bits per heavy atom. The van der Waals surface area contributed by atoms with Crippen molar-refractivity contribution in [2.75, 3.05) is 163 Å². The highest BCUT2D eigenvalue weighted by molar-refractivity contribution is 5.55. The van der Waals surface area contributed by atoms with E-state index in [0.717, 1.165) is 47.7 Å². The van der Waals surface area contributed by atoms with Gasteiger partial charge >= 0.3 is 0 Å². The highest BCUT2D eigenvalue weighted by Crippen LogP contribution is 2.52. The second-order valence-corrected chi connectivity index (χ2v) is 35.9. The Labute approximate surface area is 915 Å². The van der Waals surface area contributed by atoms with E-state index in [1.807, 2.05) is 13.8 Å². The summed E-state index contributed by atoms with van der Waals surface area (Å²) in [6.07, 6.45) is -33.3. The van der Waals surface area contributed by atoms with Gasteiger partial charge in [-0.1, -0.05) is 82.9 Å². The number of rotatable bonds is 24. The van der Waals surface area contributed by atoms with Gasteiger partial charge in [0.2, 0.25) is 0 Å². The number of hydrogen-bond donors (Lipinski definition) is 6. The van der Waals surface area contributed by atoms with Gasteiger partial charge in [0.15, 0.2) is 69.0 Å². The number of ether oxygens (including phenoxy) is 12. The summed E-state index contributed by atoms with van der Waals surface area (Å²) in [6.45, 7) is -8.21. The van der Waals surface area contributed by atoms with Crippen LogP contribution in [-0.2, 0) is 38.5 Å². The first kappa shape index (κ1) is 51.8. The first-order valence-electron chi connectivity index (χ1n) is 77.3. The van der Waals surface area contributed by atoms with Gasteiger partial charge < -0.3 is 87.5 Å². The molecule has 768 valence electrons. The van der Waals surface area contributed by atoms with Crippen molar-refractivity contribution < 1.29 is 174 Å². The van der Waals surface area contributed by atoms with Crippen molar-refractivity contribution in [3.63, 3.8) is 0 Å². The first-order valence-corrected chi connectivity index (χ1v) is 45.8. The molecule has 12 heterocycles. The number of benzene rings is 6. The van der Waals surface area contributed by atoms with Gasteiger partial charge in [0, 0.05) is 160 Å². The zero-order valence-electron chi connectivity index (χ0n) is 144. The highest BCUT2D eigenvalue weighted by Gasteiger charge is 2.47. The van der Waals surface area contributed by atoms with E-state index in [0.29, 0.717) is 16.9 Å². The summed E-state index contributed by atoms with van der Waals surface area (Å²) in [5.41, 5.74) is -0.919. The number of hydrogen-bond acceptors (Lipinski definition) is 24. The van der Waals surface area contributed by atoms with Gasteiger partial charge in [-0.2, -0.15) is 0 Å². The Kier molecular flexibility index (Phi) is 18.4. The Morgan fingerprint density at radius 3 is 0.725 bits per heavy atom. The van der Waals surface area contributed by atoms with E-state index in [9.17, 15) is 38.9 Å². The molecule has 6 fully saturated rings. The molecular formula is C114H174N6O18. The van der Waals surface area contributed by atoms with Crippen molar-refractivity contribution in [2.24, 2.45) is 70.9 Å². The largest absolute Gasteiger partial charge is 0.493 e. The predicted octanol–water partition coefficient (Wildman–Crippen LogP) is 18.2. The molecule has 24 heteroatoms. The molecule has 0 radical (unpaired) electrons. The fourth-order valence-corrected chi connectivity index (χ4v) is 17.7. The molecule has 6 aromatic carbocycles. The quantitative estimate of drug-likeness (QED) is 0.0329. The SMILES string of the molecule is [2H]c1c2c(c([2H])c(OC([2H])([2H])[2H])c1OC)C1([2H])CC(O)C(C([2H])([2H])C([2H])(C)C([2H])([2H])[2H])C([2H])([2H])N1CC2.[2H]c1c2c(c([2H])c(OC([2H])([2H])[2H])c1OC)C1([2H])CC(O)C(CC(C)C)C([2H])([2H])N1CC2.[2H]c1c2c(c([2H])c(OC([2H])([2H])[2H])c1OC)C1([2H])N(CC2)C([2H])([2H])C([2H])(CC(C)C)C([2H])(O)C1([2H])[2H].[2H]c1c2c(c([2H])c(OC)c1OC)C1([2H])CC(O)C(C([2H])([2H])C([2H])(C)C([2H])([2H])[2H])C([2H])([2H])N1CC2.[2H]c1c2c(c([2H])c(OC)c1OC)C1([2H])N(CC2)C([2H])([2H])C([2H])(CC(C)C)C([2H])(O)C1([2H])[2H].[2H]c1c2c(c([2H])c(OC)c1OC)C1([2H])N(CC2)C([2H])([2H])C([2H])(CC(C)C)C([2H])(O)C1([2H])[2H]. The van der Waals surface area contributed by atoms with Crippen LogP contribution in [0.15, 0.2) is 72.5 Å². The maximum atomic E-state index is 11.2. The third-order valence-electron chi connectivity index (χ3n) is 24.1. The molecule has 0 amide bonds. The molecular weight excluding hydrogens is 1740 g/mol. The Balaban J connectivity index is 0.000000194. The van der Waals surface area contributed by atoms with Crippen molar-refractivity contribution in [3.05, 3.63) is 139 Å². The topological polar surface area (TPSA) is 252 Å². The molecule has 0 spiro atoms. The average molecular weight is 1980 g/mol. The van der Waals surface area contributed by atoms with Crippen LogP contribution in [0.3, 0.4) is 0 Å². The summed E-state index contributed by atoms with van der Waals surface area (Å²) in [4.78, 5) is 5.55. The Bertz CT molecular complexity index is 8050. The van der Waals surface area contributed by atoms with E-state index < -0.39 is 316 Å². The van der Waals surface area contributed by atoms with Crippen molar-refractivity contribution in [2.45, 2.75) is 271 Å². The molecule has 0 saturated carbocycles. The average Bonchev–Trinajstić information content (AvgIpc) is 0.654. The van der Waals surface area contributed by atoms with Crippen LogP contribution in [0.2, 0.25) is 0 Å². The molecule has 6 saturated heterocycles. The molecule has 0 aromatic heterocycles. The normalized spacial score (nSPS) is 45.3. The number of piperidine rings is 6. The summed E-state index contributed by atoms with van der Waals surface area (Å²) >= 11 is 0. The van der Waals surface area contributed by atoms with Crippen LogP contribution < -0.4 is 56.8 Å². The van der Waals surface area contributed by atoms with Crippen LogP contribution in [0.1, 0.15) is 349 Å². The fraction of sp³-hybridized carbons (Fsp3) is 0.684. The summed E-state index contributed by atoms with van der Waals surface area (Å²) in [6, 6.07) is -19.5. The van der Waals surface area contributed by atoms with Crippen LogP contribution in [0.4, 0.5) is 0 Å². The standard InChI is InChI=1S/6C19H29NO3/c6*1-12(2)7-14-11-20-6-5-13-8-18(22-3)19(23-4)9-15(13)16(20)10-17(14)21/h6*8-9,12,14,16-17,21H,5-7,10-11H2,1-4H3/i4D3,8D,9D,10D2,11D2,14D,16D,17D;1D3,4D3,7D2,8D,9D,11D2,12D,16D;2*8D,9D,10D2,11D2,14D,16D,17D;1D3,7D2,8D,9D,11D2,12D,16D;4D3,8D,9D,11D2,16D. The fourth-order valence-electron chi connectivity index (χ4n) is 17.7. The number of fused-ring (bicyclic) bond motifs is 18. The molecule has 0 bridgehead atoms. The lowest BCUT2D eigenvalue weighted by Gasteiger charge is -2.46. The highest BCUT2D eigenvalue weighted by atomic mass is 16.5. The van der Waals surface area contributed by atoms with Crippen molar-refractivity contribution >= 4 is 0 Å². The predicted molar refractivity (Wildman–Crippen MR) is 547 cm³/mol. The third-order valence-corrected chi connectivity index (χ3v) is 24.1. The van der Waals surface area contributed by atoms with Gasteiger partial charge in [-0.25, -0.2) is 0 Å². The summed E-state index contributed by atoms with van der Waals surface area (Å²) in [5, 5.41) is 66.5. The molecule has 12 aliphatic heterocycles. The van der Waals surface area contributed by atoms with Crippen LogP contribution in [-0.4, -0.2) is 260 Å². The molecule has 20 atom stereocenters. The zero-order valence-corrected chi connectivity index (χ0v) is 81.5. The minimum absolute atomic E-state index is 0.000437. The van der Waals surface area contributed by atoms with Gasteiger partial charge in [0.05, 0.1) is 163 Å². The Hall–Kier alpha value is -7.56. The second kappa shape index (κ2) is 49.1. The van der Waals surface area contributed by atoms with E-state index in [2.05, 4.69) is 0 Å². The maximum Gasteiger partial charge on any atom is 0.161 e. The van der Waals surface area contributed by atoms with Crippen LogP contribution in [0.25, 0.3) is 0 Å². The molecule has 0 aliphatic carbocycles. The molecule has 6 N–H and O–H groups in total. The number of methoxy groups -OCH3 is 12. The Morgan fingerprint density at radius 2 is 0.507 bits per heavy atom. The molecule has 24 nitrogen and oxygen atoms in total. The van der Waals surface area contributed by atoms with E-state index in [1.165, 1.54) is 54.7 Å². The van der Waals surface area contributed by atoms with Crippen molar-refractivity contribution in [1.29, 1.82) is 0 Å². The molecule has 20 unspecified atom stereocenters. The summed E-state index contributed by atoms with van der Waals surface area (Å²) < 4.78 is 593. The van der Waals surface area contributed by atoms with Crippen LogP contribution >= 0.6 is 0 Å². The smallest absolute Gasteiger partial charge is 0.161 e. The molecule has 18 rings (SSSR count). The van der Waals surface area contributed by atoms with E-state index in [4.69, 9.17) is 135 Å². The maximum absolute atomic E-state index is 11.2. The van der Waals surface area contributed by atoms with Crippen LogP contribution in [0.5, 0.6) is 69.0 Å². The lowest BCUT2D eigenvalue weighted by atomic mass is 9.79. The molecule has 6 aromatic rings. The third kappa shape index (κ3) is 25.4. The van der Waals surface area contributed by atoms with E-state index in [-0.39, 0.29) is 253 Å². The minimum atomic E-state index is -3.49. The first-order chi connectivity index (χ1) is 90.5. The van der Waals surface area contributed by atoms with Crippen molar-refractivity contribution in [3.8, 4) is 69.0 Å². The monoisotopic (exact) mass is 1980 g/mol. The van der Waals surface area contributed by atoms with Gasteiger partial charge in [0.25, 0.3) is 0 Å². The number of aliphatic hydroxyl groups excluding tert-OH is 3. The number of aliphatic hydroxyl groups is 6. The summed E-state index contributed by atoms with van der Waals surface area (Å²) in [5.74, 6) is -22.9. The molecule has 12 aliphatic rings. The van der Waals surface area contributed by atoms with Gasteiger partial charge in [0.1, 0.15) is 0 Å². The van der Waals surface area contributed by atoms with Gasteiger partial charge in [-0.15, -0.1) is 0 Å². The van der Waals surface area contributed by atoms with Crippen molar-refractivity contribution in [1.82, 2.24) is 29.4 Å². The zero-order chi connectivity index (χ0) is 155. The lowest BCUT2D eigenvalue weighted by molar-refractivity contribution is -0.0192. The van der Waals surface area contributed by atoms with E-state index >= 15 is 0 Å². The minimum Gasteiger partial charge on any atom is -0.493 e. The van der Waals surface area contributed by atoms with Gasteiger partial charge in [-0.05, 0) is 326 Å². The van der Waals surface area contributed by atoms with E-state index in [1.54, 1.807) is 41.5 Å². The number of nitrogens with zero attached hydrogens (tertiary/aromatic N) is 6. The molecule has 138 heavy (non-hydrogen) atoms. The van der Waals surface area contributed by atoms with Gasteiger partial charge in [-0.3, -0.25) is 29.4 Å².